The minimum absolute atomic E-state index is 0.139. The van der Waals surface area contributed by atoms with Gasteiger partial charge in [0.1, 0.15) is 5.69 Å². The molecule has 4 nitrogen and oxygen atoms in total. The molecule has 2 aromatic rings. The number of esters is 1. The van der Waals surface area contributed by atoms with E-state index < -0.39 is 5.97 Å². The Labute approximate surface area is 132 Å². The lowest BCUT2D eigenvalue weighted by molar-refractivity contribution is 0.0520. The third-order valence-electron chi connectivity index (χ3n) is 2.79. The molecule has 21 heavy (non-hydrogen) atoms. The summed E-state index contributed by atoms with van der Waals surface area (Å²) >= 11 is 11.8. The van der Waals surface area contributed by atoms with Crippen LogP contribution in [0.2, 0.25) is 10.0 Å². The molecule has 1 aromatic carbocycles. The van der Waals surface area contributed by atoms with E-state index in [0.29, 0.717) is 15.6 Å². The average molecular weight is 326 g/mol. The third-order valence-corrected chi connectivity index (χ3v) is 3.22. The van der Waals surface area contributed by atoms with E-state index in [1.165, 1.54) is 12.3 Å². The Hall–Kier alpha value is -1.78. The topological polar surface area (TPSA) is 59.2 Å². The fourth-order valence-electron chi connectivity index (χ4n) is 1.88. The van der Waals surface area contributed by atoms with Crippen LogP contribution in [0.5, 0.6) is 0 Å². The van der Waals surface area contributed by atoms with Gasteiger partial charge in [0.2, 0.25) is 0 Å². The maximum Gasteiger partial charge on any atom is 0.354 e. The second kappa shape index (κ2) is 6.78. The first kappa shape index (κ1) is 15.6. The van der Waals surface area contributed by atoms with Crippen LogP contribution in [0.1, 0.15) is 33.3 Å². The molecule has 0 radical (unpaired) electrons. The van der Waals surface area contributed by atoms with Crippen molar-refractivity contribution in [1.82, 2.24) is 4.98 Å². The fourth-order valence-corrected chi connectivity index (χ4v) is 2.45. The highest BCUT2D eigenvalue weighted by atomic mass is 35.5. The number of ketones is 1. The van der Waals surface area contributed by atoms with E-state index in [4.69, 9.17) is 27.9 Å². The number of rotatable bonds is 5. The van der Waals surface area contributed by atoms with Crippen LogP contribution in [0.3, 0.4) is 0 Å². The van der Waals surface area contributed by atoms with Gasteiger partial charge in [-0.15, -0.1) is 0 Å². The lowest BCUT2D eigenvalue weighted by Gasteiger charge is -2.01. The lowest BCUT2D eigenvalue weighted by atomic mass is 10.1. The quantitative estimate of drug-likeness (QED) is 0.669. The van der Waals surface area contributed by atoms with Gasteiger partial charge in [-0.3, -0.25) is 4.79 Å². The number of halogens is 2. The van der Waals surface area contributed by atoms with Crippen molar-refractivity contribution in [2.24, 2.45) is 0 Å². The molecule has 0 saturated heterocycles. The fraction of sp³-hybridized carbons (Fsp3) is 0.200. The summed E-state index contributed by atoms with van der Waals surface area (Å²) in [6, 6.07) is 6.45. The standard InChI is InChI=1S/C15H13Cl2NO3/c1-2-21-15(20)13-6-10(8-18-13)14(19)5-9-3-11(16)7-12(17)4-9/h3-4,6-8,18H,2,5H2,1H3. The van der Waals surface area contributed by atoms with Crippen LogP contribution in [-0.2, 0) is 11.2 Å². The highest BCUT2D eigenvalue weighted by Gasteiger charge is 2.14. The minimum atomic E-state index is -0.484. The Kier molecular flexibility index (Phi) is 5.04. The Morgan fingerprint density at radius 2 is 1.81 bits per heavy atom. The monoisotopic (exact) mass is 325 g/mol. The van der Waals surface area contributed by atoms with Crippen molar-refractivity contribution >= 4 is 35.0 Å². The molecule has 0 bridgehead atoms. The second-order valence-corrected chi connectivity index (χ2v) is 5.27. The smallest absolute Gasteiger partial charge is 0.354 e. The second-order valence-electron chi connectivity index (χ2n) is 4.40. The predicted molar refractivity (Wildman–Crippen MR) is 81.2 cm³/mol. The normalized spacial score (nSPS) is 10.4. The van der Waals surface area contributed by atoms with Gasteiger partial charge in [0.25, 0.3) is 0 Å². The Morgan fingerprint density at radius 1 is 1.14 bits per heavy atom. The van der Waals surface area contributed by atoms with Crippen molar-refractivity contribution in [2.75, 3.05) is 6.61 Å². The molecule has 1 heterocycles. The Morgan fingerprint density at radius 3 is 2.43 bits per heavy atom. The molecule has 0 saturated carbocycles. The van der Waals surface area contributed by atoms with Crippen molar-refractivity contribution in [2.45, 2.75) is 13.3 Å². The van der Waals surface area contributed by atoms with E-state index in [0.717, 1.165) is 5.56 Å². The Balaban J connectivity index is 2.12. The number of carbonyl (C=O) groups is 2. The van der Waals surface area contributed by atoms with Crippen LogP contribution in [0.15, 0.2) is 30.5 Å². The molecule has 0 unspecified atom stereocenters. The number of aromatic nitrogens is 1. The molecule has 0 atom stereocenters. The SMILES string of the molecule is CCOC(=O)c1cc(C(=O)Cc2cc(Cl)cc(Cl)c2)c[nH]1. The summed E-state index contributed by atoms with van der Waals surface area (Å²) in [6.45, 7) is 2.00. The largest absolute Gasteiger partial charge is 0.461 e. The van der Waals surface area contributed by atoms with Gasteiger partial charge >= 0.3 is 5.97 Å². The molecule has 6 heteroatoms. The van der Waals surface area contributed by atoms with Gasteiger partial charge in [-0.25, -0.2) is 4.79 Å². The third kappa shape index (κ3) is 4.09. The molecule has 0 aliphatic heterocycles. The van der Waals surface area contributed by atoms with E-state index in [-0.39, 0.29) is 24.5 Å². The molecule has 2 rings (SSSR count). The molecule has 0 amide bonds. The van der Waals surface area contributed by atoms with E-state index in [9.17, 15) is 9.59 Å². The molecule has 0 spiro atoms. The number of carbonyl (C=O) groups excluding carboxylic acids is 2. The zero-order valence-electron chi connectivity index (χ0n) is 11.3. The van der Waals surface area contributed by atoms with E-state index in [2.05, 4.69) is 4.98 Å². The van der Waals surface area contributed by atoms with Crippen LogP contribution < -0.4 is 0 Å². The van der Waals surface area contributed by atoms with Gasteiger partial charge in [0.15, 0.2) is 5.78 Å². The van der Waals surface area contributed by atoms with Gasteiger partial charge in [-0.1, -0.05) is 23.2 Å². The summed E-state index contributed by atoms with van der Waals surface area (Å²) in [5.74, 6) is -0.623. The number of benzene rings is 1. The van der Waals surface area contributed by atoms with Crippen molar-refractivity contribution in [3.8, 4) is 0 Å². The van der Waals surface area contributed by atoms with E-state index in [1.54, 1.807) is 25.1 Å². The van der Waals surface area contributed by atoms with Crippen LogP contribution in [-0.4, -0.2) is 23.3 Å². The summed E-state index contributed by atoms with van der Waals surface area (Å²) in [7, 11) is 0. The van der Waals surface area contributed by atoms with Gasteiger partial charge in [-0.2, -0.15) is 0 Å². The summed E-state index contributed by atoms with van der Waals surface area (Å²) in [5.41, 5.74) is 1.38. The minimum Gasteiger partial charge on any atom is -0.461 e. The lowest BCUT2D eigenvalue weighted by Crippen LogP contribution is -2.05. The number of nitrogens with one attached hydrogen (secondary N) is 1. The highest BCUT2D eigenvalue weighted by Crippen LogP contribution is 2.20. The zero-order chi connectivity index (χ0) is 15.4. The van der Waals surface area contributed by atoms with Crippen molar-refractivity contribution in [3.63, 3.8) is 0 Å². The maximum absolute atomic E-state index is 12.2. The van der Waals surface area contributed by atoms with Crippen molar-refractivity contribution < 1.29 is 14.3 Å². The summed E-state index contributed by atoms with van der Waals surface area (Å²) < 4.78 is 4.85. The molecule has 110 valence electrons. The van der Waals surface area contributed by atoms with Crippen molar-refractivity contribution in [1.29, 1.82) is 0 Å². The first-order valence-electron chi connectivity index (χ1n) is 6.33. The number of H-pyrrole nitrogens is 1. The summed E-state index contributed by atoms with van der Waals surface area (Å²) in [4.78, 5) is 26.4. The van der Waals surface area contributed by atoms with Gasteiger partial charge in [-0.05, 0) is 36.8 Å². The number of Topliss-reactive ketones (excluding diaryl/α,β-unsaturated/α-hetero) is 1. The van der Waals surface area contributed by atoms with Crippen molar-refractivity contribution in [3.05, 3.63) is 57.3 Å². The summed E-state index contributed by atoms with van der Waals surface area (Å²) in [6.07, 6.45) is 1.64. The molecule has 1 aromatic heterocycles. The number of ether oxygens (including phenoxy) is 1. The molecule has 1 N–H and O–H groups in total. The number of aromatic amines is 1. The molecular formula is C15H13Cl2NO3. The molecular weight excluding hydrogens is 313 g/mol. The predicted octanol–water partition coefficient (Wildman–Crippen LogP) is 3.92. The zero-order valence-corrected chi connectivity index (χ0v) is 12.8. The average Bonchev–Trinajstić information content (AvgIpc) is 2.87. The molecule has 0 aliphatic rings. The Bertz CT molecular complexity index is 659. The first-order valence-corrected chi connectivity index (χ1v) is 7.09. The maximum atomic E-state index is 12.2. The van der Waals surface area contributed by atoms with Crippen LogP contribution in [0.25, 0.3) is 0 Å². The highest BCUT2D eigenvalue weighted by molar-refractivity contribution is 6.34. The van der Waals surface area contributed by atoms with Crippen LogP contribution >= 0.6 is 23.2 Å². The van der Waals surface area contributed by atoms with E-state index in [1.807, 2.05) is 0 Å². The molecule has 0 aliphatic carbocycles. The van der Waals surface area contributed by atoms with E-state index >= 15 is 0 Å². The van der Waals surface area contributed by atoms with Crippen LogP contribution in [0, 0.1) is 0 Å². The first-order chi connectivity index (χ1) is 9.99. The summed E-state index contributed by atoms with van der Waals surface area (Å²) in [5, 5.41) is 0.957. The molecule has 0 fully saturated rings. The number of hydrogen-bond donors (Lipinski definition) is 1. The van der Waals surface area contributed by atoms with Gasteiger partial charge in [0.05, 0.1) is 6.61 Å². The number of hydrogen-bond acceptors (Lipinski definition) is 3. The van der Waals surface area contributed by atoms with Gasteiger partial charge in [0, 0.05) is 28.2 Å². The van der Waals surface area contributed by atoms with Crippen LogP contribution in [0.4, 0.5) is 0 Å². The van der Waals surface area contributed by atoms with Gasteiger partial charge < -0.3 is 9.72 Å².